The zero-order valence-corrected chi connectivity index (χ0v) is 19.1. The first-order valence-corrected chi connectivity index (χ1v) is 10.4. The Kier molecular flexibility index (Phi) is 6.81. The Morgan fingerprint density at radius 2 is 1.71 bits per heavy atom. The predicted octanol–water partition coefficient (Wildman–Crippen LogP) is 4.92. The molecule has 0 saturated carbocycles. The van der Waals surface area contributed by atoms with E-state index < -0.39 is 5.97 Å². The molecule has 0 aliphatic rings. The third-order valence-corrected chi connectivity index (χ3v) is 5.51. The average Bonchev–Trinajstić information content (AvgIpc) is 2.97. The topological polar surface area (TPSA) is 73.2 Å². The maximum absolute atomic E-state index is 12.7. The van der Waals surface area contributed by atoms with Crippen LogP contribution in [0.2, 0.25) is 5.02 Å². The normalized spacial score (nSPS) is 10.8. The van der Waals surface area contributed by atoms with Crippen LogP contribution in [0.5, 0.6) is 0 Å². The van der Waals surface area contributed by atoms with Gasteiger partial charge in [-0.3, -0.25) is 9.48 Å². The maximum atomic E-state index is 12.7. The van der Waals surface area contributed by atoms with Crippen molar-refractivity contribution < 1.29 is 14.3 Å². The summed E-state index contributed by atoms with van der Waals surface area (Å²) >= 11 is 6.24. The lowest BCUT2D eigenvalue weighted by atomic mass is 10.1. The molecule has 162 valence electrons. The second kappa shape index (κ2) is 9.35. The van der Waals surface area contributed by atoms with Crippen molar-refractivity contribution in [3.05, 3.63) is 80.6 Å². The zero-order valence-electron chi connectivity index (χ0n) is 18.4. The Morgan fingerprint density at radius 3 is 2.35 bits per heavy atom. The summed E-state index contributed by atoms with van der Waals surface area (Å²) in [6, 6.07) is 11.5. The van der Waals surface area contributed by atoms with Crippen molar-refractivity contribution in [3.63, 3.8) is 0 Å². The SMILES string of the molecule is Cc1cc(C)c(NC(=O)COC(=O)c2c(C)nn(Cc3ccccc3Cl)c2C)c(C)c1. The number of rotatable bonds is 6. The highest BCUT2D eigenvalue weighted by Crippen LogP contribution is 2.22. The van der Waals surface area contributed by atoms with E-state index in [2.05, 4.69) is 10.4 Å². The number of amides is 1. The Labute approximate surface area is 187 Å². The largest absolute Gasteiger partial charge is 0.452 e. The van der Waals surface area contributed by atoms with E-state index in [0.717, 1.165) is 27.9 Å². The smallest absolute Gasteiger partial charge is 0.342 e. The van der Waals surface area contributed by atoms with Crippen LogP contribution in [-0.2, 0) is 16.1 Å². The van der Waals surface area contributed by atoms with Crippen molar-refractivity contribution in [2.24, 2.45) is 0 Å². The number of aromatic nitrogens is 2. The molecule has 3 aromatic rings. The van der Waals surface area contributed by atoms with Crippen molar-refractivity contribution in [1.82, 2.24) is 9.78 Å². The number of anilines is 1. The molecule has 0 bridgehead atoms. The Hall–Kier alpha value is -3.12. The third-order valence-electron chi connectivity index (χ3n) is 5.14. The van der Waals surface area contributed by atoms with Crippen molar-refractivity contribution in [2.45, 2.75) is 41.2 Å². The molecule has 0 spiro atoms. The van der Waals surface area contributed by atoms with E-state index in [0.29, 0.717) is 28.5 Å². The monoisotopic (exact) mass is 439 g/mol. The number of carbonyl (C=O) groups is 2. The van der Waals surface area contributed by atoms with Crippen LogP contribution in [0.4, 0.5) is 5.69 Å². The van der Waals surface area contributed by atoms with Gasteiger partial charge in [0.15, 0.2) is 6.61 Å². The van der Waals surface area contributed by atoms with Gasteiger partial charge in [0.25, 0.3) is 5.91 Å². The molecule has 1 heterocycles. The number of hydrogen-bond donors (Lipinski definition) is 1. The highest BCUT2D eigenvalue weighted by atomic mass is 35.5. The second-order valence-corrected chi connectivity index (χ2v) is 8.10. The minimum atomic E-state index is -0.576. The minimum absolute atomic E-state index is 0.363. The Balaban J connectivity index is 1.68. The van der Waals surface area contributed by atoms with Crippen LogP contribution >= 0.6 is 11.6 Å². The van der Waals surface area contributed by atoms with Gasteiger partial charge in [-0.05, 0) is 57.4 Å². The van der Waals surface area contributed by atoms with Gasteiger partial charge in [-0.1, -0.05) is 47.5 Å². The lowest BCUT2D eigenvalue weighted by Crippen LogP contribution is -2.22. The number of esters is 1. The maximum Gasteiger partial charge on any atom is 0.342 e. The summed E-state index contributed by atoms with van der Waals surface area (Å²) in [5.41, 5.74) is 6.26. The summed E-state index contributed by atoms with van der Waals surface area (Å²) in [5.74, 6) is -0.963. The van der Waals surface area contributed by atoms with Crippen LogP contribution in [0.15, 0.2) is 36.4 Å². The number of nitrogens with one attached hydrogen (secondary N) is 1. The lowest BCUT2D eigenvalue weighted by molar-refractivity contribution is -0.119. The molecule has 6 nitrogen and oxygen atoms in total. The molecule has 31 heavy (non-hydrogen) atoms. The highest BCUT2D eigenvalue weighted by Gasteiger charge is 2.21. The van der Waals surface area contributed by atoms with Gasteiger partial charge in [0.2, 0.25) is 0 Å². The first-order chi connectivity index (χ1) is 14.7. The molecular formula is C24H26ClN3O3. The van der Waals surface area contributed by atoms with E-state index >= 15 is 0 Å². The summed E-state index contributed by atoms with van der Waals surface area (Å²) in [7, 11) is 0. The summed E-state index contributed by atoms with van der Waals surface area (Å²) < 4.78 is 7.00. The van der Waals surface area contributed by atoms with Crippen molar-refractivity contribution in [3.8, 4) is 0 Å². The predicted molar refractivity (Wildman–Crippen MR) is 122 cm³/mol. The summed E-state index contributed by atoms with van der Waals surface area (Å²) in [5, 5.41) is 7.92. The summed E-state index contributed by atoms with van der Waals surface area (Å²) in [6.45, 7) is 9.47. The van der Waals surface area contributed by atoms with Gasteiger partial charge < -0.3 is 10.1 Å². The zero-order chi connectivity index (χ0) is 22.7. The molecule has 0 atom stereocenters. The fourth-order valence-electron chi connectivity index (χ4n) is 3.69. The number of ether oxygens (including phenoxy) is 1. The fraction of sp³-hybridized carbons (Fsp3) is 0.292. The molecule has 7 heteroatoms. The quantitative estimate of drug-likeness (QED) is 0.553. The number of benzene rings is 2. The van der Waals surface area contributed by atoms with Crippen molar-refractivity contribution >= 4 is 29.2 Å². The first-order valence-electron chi connectivity index (χ1n) is 9.99. The van der Waals surface area contributed by atoms with Gasteiger partial charge in [0.05, 0.1) is 17.9 Å². The van der Waals surface area contributed by atoms with E-state index in [4.69, 9.17) is 16.3 Å². The molecular weight excluding hydrogens is 414 g/mol. The standard InChI is InChI=1S/C24H26ClN3O3/c1-14-10-15(2)23(16(3)11-14)26-21(29)13-31-24(30)22-17(4)27-28(18(22)5)12-19-8-6-7-9-20(19)25/h6-11H,12-13H2,1-5H3,(H,26,29). The fourth-order valence-corrected chi connectivity index (χ4v) is 3.89. The van der Waals surface area contributed by atoms with E-state index in [1.807, 2.05) is 57.2 Å². The molecule has 0 saturated heterocycles. The Morgan fingerprint density at radius 1 is 1.06 bits per heavy atom. The molecule has 1 amide bonds. The summed E-state index contributed by atoms with van der Waals surface area (Å²) in [4.78, 5) is 25.0. The van der Waals surface area contributed by atoms with Crippen molar-refractivity contribution in [1.29, 1.82) is 0 Å². The first kappa shape index (κ1) is 22.6. The molecule has 1 N–H and O–H groups in total. The van der Waals surface area contributed by atoms with E-state index in [1.165, 1.54) is 0 Å². The van der Waals surface area contributed by atoms with Crippen LogP contribution in [0.3, 0.4) is 0 Å². The minimum Gasteiger partial charge on any atom is -0.452 e. The van der Waals surface area contributed by atoms with Gasteiger partial charge >= 0.3 is 5.97 Å². The van der Waals surface area contributed by atoms with E-state index in [-0.39, 0.29) is 12.5 Å². The van der Waals surface area contributed by atoms with Crippen LogP contribution in [-0.4, -0.2) is 28.3 Å². The van der Waals surface area contributed by atoms with Crippen LogP contribution in [0.25, 0.3) is 0 Å². The number of carbonyl (C=O) groups excluding carboxylic acids is 2. The highest BCUT2D eigenvalue weighted by molar-refractivity contribution is 6.31. The molecule has 0 aliphatic carbocycles. The van der Waals surface area contributed by atoms with Gasteiger partial charge in [-0.25, -0.2) is 4.79 Å². The van der Waals surface area contributed by atoms with Crippen LogP contribution in [0, 0.1) is 34.6 Å². The van der Waals surface area contributed by atoms with Gasteiger partial charge in [0.1, 0.15) is 5.56 Å². The lowest BCUT2D eigenvalue weighted by Gasteiger charge is -2.13. The van der Waals surface area contributed by atoms with Gasteiger partial charge in [0, 0.05) is 10.7 Å². The average molecular weight is 440 g/mol. The number of halogens is 1. The number of hydrogen-bond acceptors (Lipinski definition) is 4. The van der Waals surface area contributed by atoms with E-state index in [9.17, 15) is 9.59 Å². The van der Waals surface area contributed by atoms with Gasteiger partial charge in [-0.15, -0.1) is 0 Å². The molecule has 0 aliphatic heterocycles. The molecule has 1 aromatic heterocycles. The molecule has 0 fully saturated rings. The second-order valence-electron chi connectivity index (χ2n) is 7.69. The van der Waals surface area contributed by atoms with Crippen LogP contribution < -0.4 is 5.32 Å². The number of aryl methyl sites for hydroxylation is 4. The van der Waals surface area contributed by atoms with Crippen LogP contribution in [0.1, 0.15) is 44.0 Å². The molecule has 0 radical (unpaired) electrons. The summed E-state index contributed by atoms with van der Waals surface area (Å²) in [6.07, 6.45) is 0. The third kappa shape index (κ3) is 5.14. The van der Waals surface area contributed by atoms with Crippen molar-refractivity contribution in [2.75, 3.05) is 11.9 Å². The van der Waals surface area contributed by atoms with Gasteiger partial charge in [-0.2, -0.15) is 5.10 Å². The number of nitrogens with zero attached hydrogens (tertiary/aromatic N) is 2. The Bertz CT molecular complexity index is 1130. The molecule has 3 rings (SSSR count). The van der Waals surface area contributed by atoms with E-state index in [1.54, 1.807) is 18.5 Å². The molecule has 0 unspecified atom stereocenters. The molecule has 2 aromatic carbocycles.